The number of piperazine rings is 1. The third-order valence-electron chi connectivity index (χ3n) is 12.9. The van der Waals surface area contributed by atoms with Crippen LogP contribution in [0.2, 0.25) is 5.02 Å². The molecule has 0 aliphatic carbocycles. The van der Waals surface area contributed by atoms with Gasteiger partial charge in [0.05, 0.1) is 31.3 Å². The number of ether oxygens (including phenoxy) is 2. The Morgan fingerprint density at radius 3 is 2.44 bits per heavy atom. The molecular weight excluding hydrogens is 853 g/mol. The summed E-state index contributed by atoms with van der Waals surface area (Å²) < 4.78 is 25.0. The second-order valence-corrected chi connectivity index (χ2v) is 21.0. The van der Waals surface area contributed by atoms with Crippen molar-refractivity contribution in [3.63, 3.8) is 0 Å². The zero-order valence-corrected chi connectivity index (χ0v) is 38.9. The SMILES string of the molecule is CCc1cc(Nc2ncc(Cl)c(Nc3ccccc3P(C)(C)=O)n2)c(OC)cc1N1CCC(N2CCN(CCCCOc3ccc4c(c3)CN(C3CCC(=O)NC3=O)C4=O)CC2)CC1. The van der Waals surface area contributed by atoms with Gasteiger partial charge in [-0.05, 0) is 106 Å². The Morgan fingerprint density at radius 2 is 1.70 bits per heavy atom. The number of methoxy groups -OCH3 is 1. The topological polar surface area (TPSA) is 162 Å². The monoisotopic (exact) mass is 911 g/mol. The highest BCUT2D eigenvalue weighted by atomic mass is 35.5. The lowest BCUT2D eigenvalue weighted by Crippen LogP contribution is -2.53. The number of unbranched alkanes of at least 4 members (excludes halogenated alkanes) is 1. The summed E-state index contributed by atoms with van der Waals surface area (Å²) in [5.41, 5.74) is 5.31. The number of anilines is 5. The van der Waals surface area contributed by atoms with E-state index in [-0.39, 0.29) is 18.2 Å². The van der Waals surface area contributed by atoms with Crippen molar-refractivity contribution in [2.45, 2.75) is 70.5 Å². The van der Waals surface area contributed by atoms with Crippen molar-refractivity contribution in [1.29, 1.82) is 0 Å². The maximum Gasteiger partial charge on any atom is 0.255 e. The molecule has 0 radical (unpaired) electrons. The van der Waals surface area contributed by atoms with Crippen molar-refractivity contribution >= 4 is 70.6 Å². The molecule has 15 nitrogen and oxygen atoms in total. The minimum atomic E-state index is -2.55. The van der Waals surface area contributed by atoms with Gasteiger partial charge in [-0.2, -0.15) is 4.98 Å². The number of aryl methyl sites for hydroxylation is 1. The van der Waals surface area contributed by atoms with Gasteiger partial charge in [-0.25, -0.2) is 4.98 Å². The number of aromatic nitrogens is 2. The van der Waals surface area contributed by atoms with E-state index in [1.165, 1.54) is 11.3 Å². The van der Waals surface area contributed by atoms with Crippen LogP contribution in [0.5, 0.6) is 11.5 Å². The number of rotatable bonds is 16. The molecule has 8 rings (SSSR count). The molecule has 3 aromatic carbocycles. The van der Waals surface area contributed by atoms with Gasteiger partial charge in [0, 0.05) is 80.9 Å². The molecule has 3 N–H and O–H groups in total. The second-order valence-electron chi connectivity index (χ2n) is 17.4. The van der Waals surface area contributed by atoms with Crippen molar-refractivity contribution in [2.24, 2.45) is 0 Å². The molecule has 3 fully saturated rings. The number of amides is 3. The molecule has 1 aromatic heterocycles. The lowest BCUT2D eigenvalue weighted by atomic mass is 9.99. The predicted octanol–water partition coefficient (Wildman–Crippen LogP) is 6.64. The van der Waals surface area contributed by atoms with Crippen LogP contribution in [0.1, 0.15) is 66.9 Å². The van der Waals surface area contributed by atoms with Crippen LogP contribution >= 0.6 is 18.7 Å². The summed E-state index contributed by atoms with van der Waals surface area (Å²) in [6.45, 7) is 13.9. The van der Waals surface area contributed by atoms with E-state index in [1.54, 1.807) is 37.6 Å². The number of nitrogens with one attached hydrogen (secondary N) is 3. The molecule has 1 atom stereocenters. The standard InChI is InChI=1S/C47H59ClN9O6P/c1-5-31-27-38(51-47-49-29-36(48)44(53-47)50-37-10-6-7-11-42(37)64(3,4)61)41(62-2)28-40(31)56-19-16-33(17-20-56)55-23-21-54(22-24-55)18-8-9-25-63-34-12-13-35-32(26-34)30-57(46(35)60)39-14-15-43(58)52-45(39)59/h6-7,10-13,26-29,33,39H,5,8-9,14-25,30H2,1-4H3,(H,52,58,59)(H2,49,50,51,53). The van der Waals surface area contributed by atoms with Crippen molar-refractivity contribution in [3.8, 4) is 11.5 Å². The number of piperidine rings is 2. The molecule has 17 heteroatoms. The molecule has 0 spiro atoms. The van der Waals surface area contributed by atoms with Crippen LogP contribution < -0.4 is 35.6 Å². The highest BCUT2D eigenvalue weighted by molar-refractivity contribution is 7.70. The van der Waals surface area contributed by atoms with Crippen LogP contribution in [0.25, 0.3) is 0 Å². The van der Waals surface area contributed by atoms with Gasteiger partial charge in [0.1, 0.15) is 29.7 Å². The number of benzene rings is 3. The minimum Gasteiger partial charge on any atom is -0.494 e. The van der Waals surface area contributed by atoms with Crippen molar-refractivity contribution < 1.29 is 28.4 Å². The number of fused-ring (bicyclic) bond motifs is 1. The van der Waals surface area contributed by atoms with Crippen molar-refractivity contribution in [1.82, 2.24) is 30.0 Å². The van der Waals surface area contributed by atoms with Crippen molar-refractivity contribution in [2.75, 3.05) is 88.4 Å². The van der Waals surface area contributed by atoms with E-state index in [1.807, 2.05) is 36.4 Å². The Labute approximate surface area is 380 Å². The number of hydrogen-bond donors (Lipinski definition) is 3. The van der Waals surface area contributed by atoms with Crippen LogP contribution in [0.15, 0.2) is 60.8 Å². The number of para-hydroxylation sites is 1. The molecule has 4 aliphatic heterocycles. The molecule has 0 saturated carbocycles. The Bertz CT molecular complexity index is 2420. The van der Waals surface area contributed by atoms with Crippen LogP contribution in [0.4, 0.5) is 28.8 Å². The summed E-state index contributed by atoms with van der Waals surface area (Å²) in [6.07, 6.45) is 7.19. The second kappa shape index (κ2) is 19.9. The summed E-state index contributed by atoms with van der Waals surface area (Å²) in [5.74, 6) is 1.34. The van der Waals surface area contributed by atoms with E-state index in [0.717, 1.165) is 100 Å². The fourth-order valence-corrected chi connectivity index (χ4v) is 10.7. The summed E-state index contributed by atoms with van der Waals surface area (Å²) in [6, 6.07) is 17.2. The van der Waals surface area contributed by atoms with Gasteiger partial charge in [-0.1, -0.05) is 30.7 Å². The van der Waals surface area contributed by atoms with Gasteiger partial charge in [0.15, 0.2) is 5.82 Å². The molecule has 3 amide bonds. The summed E-state index contributed by atoms with van der Waals surface area (Å²) >= 11 is 6.53. The fourth-order valence-electron chi connectivity index (χ4n) is 9.36. The first-order chi connectivity index (χ1) is 30.9. The lowest BCUT2D eigenvalue weighted by molar-refractivity contribution is -0.136. The van der Waals surface area contributed by atoms with Crippen LogP contribution in [0.3, 0.4) is 0 Å². The number of carbonyl (C=O) groups is 3. The summed E-state index contributed by atoms with van der Waals surface area (Å²) in [4.78, 5) is 55.4. The largest absolute Gasteiger partial charge is 0.494 e. The number of nitrogens with zero attached hydrogens (tertiary/aromatic N) is 6. The number of halogens is 1. The van der Waals surface area contributed by atoms with E-state index < -0.39 is 19.1 Å². The molecular formula is C47H59ClN9O6P. The third kappa shape index (κ3) is 10.3. The van der Waals surface area contributed by atoms with Crippen LogP contribution in [0, 0.1) is 0 Å². The highest BCUT2D eigenvalue weighted by Crippen LogP contribution is 2.40. The van der Waals surface area contributed by atoms with E-state index in [2.05, 4.69) is 59.7 Å². The van der Waals surface area contributed by atoms with Gasteiger partial charge < -0.3 is 39.4 Å². The first-order valence-electron chi connectivity index (χ1n) is 22.4. The smallest absolute Gasteiger partial charge is 0.255 e. The first kappa shape index (κ1) is 45.4. The molecule has 0 bridgehead atoms. The lowest BCUT2D eigenvalue weighted by Gasteiger charge is -2.43. The molecule has 64 heavy (non-hydrogen) atoms. The van der Waals surface area contributed by atoms with Gasteiger partial charge in [0.2, 0.25) is 17.8 Å². The summed E-state index contributed by atoms with van der Waals surface area (Å²) in [7, 11) is -0.875. The van der Waals surface area contributed by atoms with Gasteiger partial charge in [0.25, 0.3) is 5.91 Å². The van der Waals surface area contributed by atoms with Gasteiger partial charge in [-0.3, -0.25) is 24.6 Å². The molecule has 340 valence electrons. The molecule has 4 aliphatic rings. The van der Waals surface area contributed by atoms with Crippen molar-refractivity contribution in [3.05, 3.63) is 82.5 Å². The van der Waals surface area contributed by atoms with E-state index in [9.17, 15) is 18.9 Å². The molecule has 5 heterocycles. The quantitative estimate of drug-likeness (QED) is 0.0624. The number of hydrogen-bond acceptors (Lipinski definition) is 13. The minimum absolute atomic E-state index is 0.174. The molecule has 1 unspecified atom stereocenters. The maximum absolute atomic E-state index is 13.0. The zero-order valence-electron chi connectivity index (χ0n) is 37.2. The maximum atomic E-state index is 13.0. The van der Waals surface area contributed by atoms with Crippen LogP contribution in [-0.4, -0.2) is 127 Å². The predicted molar refractivity (Wildman–Crippen MR) is 252 cm³/mol. The van der Waals surface area contributed by atoms with E-state index in [4.69, 9.17) is 21.1 Å². The fraction of sp³-hybridized carbons (Fsp3) is 0.468. The van der Waals surface area contributed by atoms with Gasteiger partial charge in [-0.15, -0.1) is 0 Å². The number of carbonyl (C=O) groups excluding carboxylic acids is 3. The Kier molecular flexibility index (Phi) is 14.1. The normalized spacial score (nSPS) is 18.8. The Morgan fingerprint density at radius 1 is 0.922 bits per heavy atom. The molecule has 4 aromatic rings. The number of imide groups is 1. The average Bonchev–Trinajstić information content (AvgIpc) is 3.61. The Balaban J connectivity index is 0.778. The van der Waals surface area contributed by atoms with Crippen LogP contribution in [-0.2, 0) is 27.1 Å². The van der Waals surface area contributed by atoms with Gasteiger partial charge >= 0.3 is 0 Å². The summed E-state index contributed by atoms with van der Waals surface area (Å²) in [5, 5.41) is 10.1. The molecule has 3 saturated heterocycles. The van der Waals surface area contributed by atoms with E-state index in [0.29, 0.717) is 59.4 Å². The average molecular weight is 912 g/mol. The van der Waals surface area contributed by atoms with E-state index >= 15 is 0 Å². The highest BCUT2D eigenvalue weighted by Gasteiger charge is 2.39. The zero-order chi connectivity index (χ0) is 45.0. The Hall–Kier alpha value is -5.21. The first-order valence-corrected chi connectivity index (χ1v) is 25.4. The third-order valence-corrected chi connectivity index (χ3v) is 14.7.